The summed E-state index contributed by atoms with van der Waals surface area (Å²) in [5, 5.41) is 10.9. The van der Waals surface area contributed by atoms with Crippen LogP contribution in [-0.2, 0) is 15.2 Å². The molecule has 1 aliphatic heterocycles. The van der Waals surface area contributed by atoms with Crippen molar-refractivity contribution in [3.63, 3.8) is 0 Å². The van der Waals surface area contributed by atoms with Crippen LogP contribution in [0.3, 0.4) is 0 Å². The smallest absolute Gasteiger partial charge is 0.264 e. The molecule has 2 heterocycles. The number of aliphatic hydroxyl groups is 1. The predicted molar refractivity (Wildman–Crippen MR) is 90.3 cm³/mol. The summed E-state index contributed by atoms with van der Waals surface area (Å²) in [6, 6.07) is 10.4. The quantitative estimate of drug-likeness (QED) is 0.655. The number of hydrogen-bond acceptors (Lipinski definition) is 4. The number of furan rings is 1. The van der Waals surface area contributed by atoms with E-state index in [9.17, 15) is 14.7 Å². The van der Waals surface area contributed by atoms with Crippen molar-refractivity contribution in [2.45, 2.75) is 12.0 Å². The number of allylic oxidation sites excluding steroid dienone is 1. The van der Waals surface area contributed by atoms with E-state index in [0.717, 1.165) is 0 Å². The van der Waals surface area contributed by atoms with Crippen LogP contribution in [0.25, 0.3) is 6.08 Å². The Morgan fingerprint density at radius 1 is 1.29 bits per heavy atom. The predicted octanol–water partition coefficient (Wildman–Crippen LogP) is 2.67. The molecule has 1 atom stereocenters. The van der Waals surface area contributed by atoms with Gasteiger partial charge in [-0.1, -0.05) is 24.3 Å². The molecule has 5 heteroatoms. The summed E-state index contributed by atoms with van der Waals surface area (Å²) in [5.41, 5.74) is -0.811. The minimum Gasteiger partial charge on any atom is -0.465 e. The van der Waals surface area contributed by atoms with Gasteiger partial charge in [-0.05, 0) is 30.4 Å². The van der Waals surface area contributed by atoms with Gasteiger partial charge in [-0.15, -0.1) is 6.58 Å². The summed E-state index contributed by atoms with van der Waals surface area (Å²) in [6.45, 7) is 3.91. The maximum Gasteiger partial charge on any atom is 0.264 e. The lowest BCUT2D eigenvalue weighted by Gasteiger charge is -2.21. The van der Waals surface area contributed by atoms with Gasteiger partial charge in [0.25, 0.3) is 5.91 Å². The average Bonchev–Trinajstić information content (AvgIpc) is 3.16. The lowest BCUT2D eigenvalue weighted by molar-refractivity contribution is -0.140. The van der Waals surface area contributed by atoms with Gasteiger partial charge in [-0.25, -0.2) is 0 Å². The Bertz CT molecular complexity index is 807. The number of ketones is 1. The molecule has 1 amide bonds. The zero-order valence-corrected chi connectivity index (χ0v) is 13.0. The third-order valence-electron chi connectivity index (χ3n) is 3.96. The molecular weight excluding hydrogens is 306 g/mol. The highest BCUT2D eigenvalue weighted by Crippen LogP contribution is 2.42. The molecule has 0 radical (unpaired) electrons. The second-order valence-corrected chi connectivity index (χ2v) is 5.57. The third kappa shape index (κ3) is 2.70. The normalized spacial score (nSPS) is 19.7. The zero-order chi connectivity index (χ0) is 17.2. The molecule has 0 fully saturated rings. The first-order valence-electron chi connectivity index (χ1n) is 7.55. The van der Waals surface area contributed by atoms with Gasteiger partial charge in [0.15, 0.2) is 11.4 Å². The highest BCUT2D eigenvalue weighted by Gasteiger charge is 2.50. The Kier molecular flexibility index (Phi) is 4.18. The van der Waals surface area contributed by atoms with Crippen LogP contribution in [0.2, 0.25) is 0 Å². The van der Waals surface area contributed by atoms with Crippen molar-refractivity contribution in [1.29, 1.82) is 0 Å². The number of nitrogens with zero attached hydrogens (tertiary/aromatic N) is 1. The number of para-hydroxylation sites is 1. The molecule has 0 aliphatic carbocycles. The van der Waals surface area contributed by atoms with Crippen LogP contribution in [0, 0.1) is 0 Å². The van der Waals surface area contributed by atoms with Crippen molar-refractivity contribution < 1.29 is 19.1 Å². The van der Waals surface area contributed by atoms with E-state index in [2.05, 4.69) is 6.58 Å². The Morgan fingerprint density at radius 2 is 2.08 bits per heavy atom. The van der Waals surface area contributed by atoms with Crippen LogP contribution in [0.1, 0.15) is 17.7 Å². The number of benzene rings is 1. The minimum absolute atomic E-state index is 0.272. The molecule has 1 aromatic carbocycles. The SMILES string of the molecule is C=CCN1C(=O)C(O)(CC(=O)C=Cc2ccco2)c2ccccc21. The first-order valence-corrected chi connectivity index (χ1v) is 7.55. The van der Waals surface area contributed by atoms with Gasteiger partial charge in [-0.3, -0.25) is 9.59 Å². The molecule has 0 saturated heterocycles. The summed E-state index contributed by atoms with van der Waals surface area (Å²) < 4.78 is 5.12. The number of carbonyl (C=O) groups is 2. The summed E-state index contributed by atoms with van der Waals surface area (Å²) in [7, 11) is 0. The van der Waals surface area contributed by atoms with Crippen molar-refractivity contribution in [3.8, 4) is 0 Å². The first-order chi connectivity index (χ1) is 11.6. The van der Waals surface area contributed by atoms with Crippen LogP contribution in [-0.4, -0.2) is 23.3 Å². The van der Waals surface area contributed by atoms with Crippen LogP contribution in [0.5, 0.6) is 0 Å². The zero-order valence-electron chi connectivity index (χ0n) is 13.0. The molecule has 1 N–H and O–H groups in total. The molecule has 24 heavy (non-hydrogen) atoms. The molecule has 1 unspecified atom stereocenters. The Morgan fingerprint density at radius 3 is 2.79 bits per heavy atom. The van der Waals surface area contributed by atoms with Crippen molar-refractivity contribution in [3.05, 3.63) is 72.7 Å². The van der Waals surface area contributed by atoms with Gasteiger partial charge >= 0.3 is 0 Å². The van der Waals surface area contributed by atoms with Crippen molar-refractivity contribution in [2.24, 2.45) is 0 Å². The van der Waals surface area contributed by atoms with Crippen LogP contribution in [0.4, 0.5) is 5.69 Å². The van der Waals surface area contributed by atoms with E-state index in [1.807, 2.05) is 0 Å². The largest absolute Gasteiger partial charge is 0.465 e. The Hall–Kier alpha value is -2.92. The molecule has 2 aromatic rings. The lowest BCUT2D eigenvalue weighted by Crippen LogP contribution is -2.41. The van der Waals surface area contributed by atoms with Crippen molar-refractivity contribution in [2.75, 3.05) is 11.4 Å². The fourth-order valence-corrected chi connectivity index (χ4v) is 2.86. The fourth-order valence-electron chi connectivity index (χ4n) is 2.86. The van der Waals surface area contributed by atoms with Crippen molar-refractivity contribution in [1.82, 2.24) is 0 Å². The van der Waals surface area contributed by atoms with E-state index in [4.69, 9.17) is 4.42 Å². The van der Waals surface area contributed by atoms with E-state index in [1.54, 1.807) is 42.5 Å². The molecule has 0 bridgehead atoms. The van der Waals surface area contributed by atoms with E-state index < -0.39 is 11.5 Å². The second kappa shape index (κ2) is 6.29. The molecule has 0 saturated carbocycles. The average molecular weight is 323 g/mol. The van der Waals surface area contributed by atoms with E-state index in [0.29, 0.717) is 17.0 Å². The number of hydrogen-bond donors (Lipinski definition) is 1. The van der Waals surface area contributed by atoms with Crippen LogP contribution < -0.4 is 4.90 Å². The monoisotopic (exact) mass is 323 g/mol. The van der Waals surface area contributed by atoms with Gasteiger partial charge in [0, 0.05) is 12.1 Å². The first kappa shape index (κ1) is 16.0. The van der Waals surface area contributed by atoms with E-state index in [1.165, 1.54) is 23.3 Å². The summed E-state index contributed by atoms with van der Waals surface area (Å²) in [6.07, 6.45) is 5.58. The Balaban J connectivity index is 1.87. The standard InChI is InChI=1S/C19H17NO4/c1-2-11-20-17-8-4-3-7-16(17)19(23,18(20)22)13-14(21)9-10-15-6-5-12-24-15/h2-10,12,23H,1,11,13H2. The van der Waals surface area contributed by atoms with Gasteiger partial charge in [0.2, 0.25) is 0 Å². The summed E-state index contributed by atoms with van der Waals surface area (Å²) in [4.78, 5) is 26.4. The maximum absolute atomic E-state index is 12.7. The molecule has 1 aromatic heterocycles. The van der Waals surface area contributed by atoms with Gasteiger partial charge in [0.05, 0.1) is 18.4 Å². The molecule has 0 spiro atoms. The topological polar surface area (TPSA) is 70.8 Å². The lowest BCUT2D eigenvalue weighted by atomic mass is 9.90. The van der Waals surface area contributed by atoms with Crippen molar-refractivity contribution >= 4 is 23.5 Å². The Labute approximate surface area is 139 Å². The van der Waals surface area contributed by atoms with Gasteiger partial charge in [-0.2, -0.15) is 0 Å². The number of amides is 1. The molecule has 3 rings (SSSR count). The molecular formula is C19H17NO4. The maximum atomic E-state index is 12.7. The summed E-state index contributed by atoms with van der Waals surface area (Å²) >= 11 is 0. The molecule has 1 aliphatic rings. The summed E-state index contributed by atoms with van der Waals surface area (Å²) in [5.74, 6) is -0.345. The van der Waals surface area contributed by atoms with Gasteiger partial charge < -0.3 is 14.4 Å². The highest BCUT2D eigenvalue weighted by molar-refractivity contribution is 6.10. The fraction of sp³-hybridized carbons (Fsp3) is 0.158. The molecule has 5 nitrogen and oxygen atoms in total. The van der Waals surface area contributed by atoms with Crippen LogP contribution in [0.15, 0.2) is 65.8 Å². The number of carbonyl (C=O) groups excluding carboxylic acids is 2. The van der Waals surface area contributed by atoms with E-state index >= 15 is 0 Å². The molecule has 122 valence electrons. The van der Waals surface area contributed by atoms with Crippen LogP contribution >= 0.6 is 0 Å². The van der Waals surface area contributed by atoms with Gasteiger partial charge in [0.1, 0.15) is 5.76 Å². The number of rotatable bonds is 6. The number of anilines is 1. The second-order valence-electron chi connectivity index (χ2n) is 5.57. The highest BCUT2D eigenvalue weighted by atomic mass is 16.3. The minimum atomic E-state index is -1.86. The third-order valence-corrected chi connectivity index (χ3v) is 3.96. The van der Waals surface area contributed by atoms with E-state index in [-0.39, 0.29) is 18.7 Å². The number of fused-ring (bicyclic) bond motifs is 1.